The number of hydrogen-bond donors (Lipinski definition) is 5. The van der Waals surface area contributed by atoms with Crippen LogP contribution in [0.1, 0.15) is 0 Å². The first-order valence-corrected chi connectivity index (χ1v) is 6.12. The summed E-state index contributed by atoms with van der Waals surface area (Å²) in [6, 6.07) is -0.401. The number of rotatable bonds is 4. The molecule has 0 spiro atoms. The average Bonchev–Trinajstić information content (AvgIpc) is 2.64. The standard InChI is InChI=1S/C7H12N6O2S2/c1-15-3-17-13-6(14)10-4-2-16-7(11-4)12-5(8)9/h2-3,17H,1H3,(H2,10,13,14)(H4,8,9,11,12). The number of anilines is 1. The summed E-state index contributed by atoms with van der Waals surface area (Å²) in [6.45, 7) is 0. The number of hydrogen-bond acceptors (Lipinski definition) is 5. The van der Waals surface area contributed by atoms with Crippen molar-refractivity contribution in [1.29, 1.82) is 0 Å². The predicted octanol–water partition coefficient (Wildman–Crippen LogP) is -0.0439. The first kappa shape index (κ1) is 13.4. The van der Waals surface area contributed by atoms with E-state index in [9.17, 15) is 4.79 Å². The number of nitrogens with two attached hydrogens (primary N) is 2. The molecule has 0 atom stereocenters. The van der Waals surface area contributed by atoms with E-state index in [1.807, 2.05) is 0 Å². The minimum Gasteiger partial charge on any atom is -0.370 e. The highest BCUT2D eigenvalue weighted by Crippen LogP contribution is 2.21. The van der Waals surface area contributed by atoms with Crippen LogP contribution in [0.25, 0.3) is 0 Å². The fourth-order valence-electron chi connectivity index (χ4n) is 0.765. The summed E-state index contributed by atoms with van der Waals surface area (Å²) in [6.07, 6.45) is 0. The number of thiazole rings is 1. The van der Waals surface area contributed by atoms with Crippen molar-refractivity contribution in [3.8, 4) is 0 Å². The molecule has 0 aromatic carbocycles. The van der Waals surface area contributed by atoms with Crippen molar-refractivity contribution in [3.05, 3.63) is 5.38 Å². The molecule has 1 rings (SSSR count). The fourth-order valence-corrected chi connectivity index (χ4v) is 1.73. The smallest absolute Gasteiger partial charge is 0.329 e. The molecule has 0 unspecified atom stereocenters. The van der Waals surface area contributed by atoms with Gasteiger partial charge in [-0.3, -0.25) is 10.0 Å². The molecule has 6 N–H and O–H groups in total. The minimum atomic E-state index is -0.401. The molecule has 1 aromatic heterocycles. The van der Waals surface area contributed by atoms with Crippen LogP contribution in [-0.4, -0.2) is 29.6 Å². The maximum absolute atomic E-state index is 11.3. The lowest BCUT2D eigenvalue weighted by atomic mass is 10.7. The van der Waals surface area contributed by atoms with Crippen LogP contribution < -0.4 is 21.5 Å². The summed E-state index contributed by atoms with van der Waals surface area (Å²) in [7, 11) is 1.49. The molecule has 0 radical (unpaired) electrons. The Morgan fingerprint density at radius 3 is 3.12 bits per heavy atom. The Labute approximate surface area is 105 Å². The van der Waals surface area contributed by atoms with Crippen molar-refractivity contribution in [2.75, 3.05) is 12.4 Å². The number of guanidine groups is 1. The third-order valence-electron chi connectivity index (χ3n) is 1.28. The van der Waals surface area contributed by atoms with Crippen LogP contribution in [-0.2, 0) is 4.74 Å². The van der Waals surface area contributed by atoms with Crippen molar-refractivity contribution >= 4 is 51.4 Å². The van der Waals surface area contributed by atoms with Crippen molar-refractivity contribution in [2.24, 2.45) is 16.5 Å². The van der Waals surface area contributed by atoms with E-state index in [4.69, 9.17) is 11.5 Å². The summed E-state index contributed by atoms with van der Waals surface area (Å²) in [5.41, 5.74) is 11.8. The van der Waals surface area contributed by atoms with Crippen molar-refractivity contribution in [1.82, 2.24) is 9.71 Å². The fraction of sp³-hybridized carbons (Fsp3) is 0.143. The van der Waals surface area contributed by atoms with Crippen molar-refractivity contribution in [3.63, 3.8) is 0 Å². The first-order chi connectivity index (χ1) is 8.11. The molecule has 0 aliphatic carbocycles. The summed E-state index contributed by atoms with van der Waals surface area (Å²) in [4.78, 5) is 19.0. The molecule has 0 fully saturated rings. The van der Waals surface area contributed by atoms with E-state index in [1.165, 1.54) is 24.0 Å². The average molecular weight is 276 g/mol. The Balaban J connectivity index is 2.52. The molecule has 1 heterocycles. The first-order valence-electron chi connectivity index (χ1n) is 4.28. The van der Waals surface area contributed by atoms with Gasteiger partial charge in [0.1, 0.15) is 5.82 Å². The van der Waals surface area contributed by atoms with E-state index in [1.54, 1.807) is 5.38 Å². The molecule has 0 aliphatic heterocycles. The van der Waals surface area contributed by atoms with Crippen LogP contribution in [0.2, 0.25) is 0 Å². The molecule has 10 heteroatoms. The minimum absolute atomic E-state index is 0.0800. The van der Waals surface area contributed by atoms with E-state index < -0.39 is 6.03 Å². The van der Waals surface area contributed by atoms with E-state index in [0.717, 1.165) is 0 Å². The summed E-state index contributed by atoms with van der Waals surface area (Å²) < 4.78 is 7.15. The summed E-state index contributed by atoms with van der Waals surface area (Å²) in [5.74, 6) is 0.295. The number of methoxy groups -OCH3 is 1. The Bertz CT molecular complexity index is 439. The highest BCUT2D eigenvalue weighted by atomic mass is 32.1. The van der Waals surface area contributed by atoms with Crippen LogP contribution in [0.4, 0.5) is 15.7 Å². The zero-order chi connectivity index (χ0) is 12.7. The normalized spacial score (nSPS) is 10.6. The zero-order valence-electron chi connectivity index (χ0n) is 8.88. The molecule has 1 aromatic rings. The van der Waals surface area contributed by atoms with E-state index >= 15 is 0 Å². The highest BCUT2D eigenvalue weighted by Gasteiger charge is 2.04. The Morgan fingerprint density at radius 1 is 1.71 bits per heavy atom. The monoisotopic (exact) mass is 276 g/mol. The number of nitrogens with one attached hydrogen (secondary N) is 2. The van der Waals surface area contributed by atoms with E-state index in [0.29, 0.717) is 22.5 Å². The van der Waals surface area contributed by atoms with E-state index in [-0.39, 0.29) is 5.96 Å². The third kappa shape index (κ3) is 5.29. The quantitative estimate of drug-likeness (QED) is 0.228. The number of carbonyl (C=O) groups is 1. The van der Waals surface area contributed by atoms with Gasteiger partial charge in [-0.1, -0.05) is 11.5 Å². The third-order valence-corrected chi connectivity index (χ3v) is 2.67. The van der Waals surface area contributed by atoms with Gasteiger partial charge < -0.3 is 16.2 Å². The van der Waals surface area contributed by atoms with Gasteiger partial charge in [0.05, 0.1) is 5.55 Å². The van der Waals surface area contributed by atoms with Gasteiger partial charge in [0.25, 0.3) is 0 Å². The predicted molar refractivity (Wildman–Crippen MR) is 71.8 cm³/mol. The topological polar surface area (TPSA) is 128 Å². The molecule has 0 saturated heterocycles. The van der Waals surface area contributed by atoms with Gasteiger partial charge in [0.2, 0.25) is 5.13 Å². The van der Waals surface area contributed by atoms with Crippen LogP contribution in [0.15, 0.2) is 10.4 Å². The molecule has 0 aliphatic rings. The molecule has 8 nitrogen and oxygen atoms in total. The lowest BCUT2D eigenvalue weighted by molar-refractivity contribution is 0.257. The zero-order valence-corrected chi connectivity index (χ0v) is 10.6. The number of aliphatic imine (C=N–C) groups is 1. The van der Waals surface area contributed by atoms with Gasteiger partial charge in [0.15, 0.2) is 5.96 Å². The maximum atomic E-state index is 11.3. The summed E-state index contributed by atoms with van der Waals surface area (Å²) in [5, 5.41) is 4.51. The molecule has 2 amide bonds. The molecule has 17 heavy (non-hydrogen) atoms. The van der Waals surface area contributed by atoms with Crippen LogP contribution >= 0.6 is 22.9 Å². The Morgan fingerprint density at radius 2 is 2.47 bits per heavy atom. The van der Waals surface area contributed by atoms with Gasteiger partial charge in [-0.05, 0) is 0 Å². The number of nitrogens with zero attached hydrogens (tertiary/aromatic N) is 2. The van der Waals surface area contributed by atoms with E-state index in [2.05, 4.69) is 24.8 Å². The molecular weight excluding hydrogens is 264 g/mol. The second kappa shape index (κ2) is 6.83. The number of carbonyl (C=O) groups excluding carboxylic acids is 1. The van der Waals surface area contributed by atoms with Crippen LogP contribution in [0.5, 0.6) is 0 Å². The number of amides is 2. The Hall–Kier alpha value is -1.65. The van der Waals surface area contributed by atoms with Crippen molar-refractivity contribution in [2.45, 2.75) is 0 Å². The van der Waals surface area contributed by atoms with Crippen LogP contribution in [0.3, 0.4) is 0 Å². The molecular formula is C7H12N6O2S2. The molecule has 0 bridgehead atoms. The van der Waals surface area contributed by atoms with Crippen LogP contribution in [0, 0.1) is 0 Å². The largest absolute Gasteiger partial charge is 0.370 e. The van der Waals surface area contributed by atoms with Gasteiger partial charge >= 0.3 is 6.03 Å². The lowest BCUT2D eigenvalue weighted by Gasteiger charge is -1.99. The second-order valence-electron chi connectivity index (χ2n) is 2.59. The van der Waals surface area contributed by atoms with Gasteiger partial charge in [-0.25, -0.2) is 9.78 Å². The second-order valence-corrected chi connectivity index (χ2v) is 4.12. The van der Waals surface area contributed by atoms with Gasteiger partial charge in [0, 0.05) is 12.5 Å². The number of aromatic nitrogens is 1. The number of thiol groups is 1. The Kier molecular flexibility index (Phi) is 5.39. The summed E-state index contributed by atoms with van der Waals surface area (Å²) >= 11 is 1.74. The lowest BCUT2D eigenvalue weighted by Crippen LogP contribution is -2.22. The SMILES string of the molecule is COC=[SH]NC(=O)Nc1csc(N=C(N)N)n1. The number of ether oxygens (including phenoxy) is 1. The number of urea groups is 1. The molecule has 94 valence electrons. The van der Waals surface area contributed by atoms with Gasteiger partial charge in [-0.15, -0.1) is 11.3 Å². The van der Waals surface area contributed by atoms with Crippen molar-refractivity contribution < 1.29 is 9.53 Å². The maximum Gasteiger partial charge on any atom is 0.329 e. The molecule has 0 saturated carbocycles. The highest BCUT2D eigenvalue weighted by molar-refractivity contribution is 7.96. The van der Waals surface area contributed by atoms with Gasteiger partial charge in [-0.2, -0.15) is 4.99 Å².